The number of aromatic carboxylic acids is 1. The van der Waals surface area contributed by atoms with Crippen molar-refractivity contribution in [2.45, 2.75) is 32.1 Å². The summed E-state index contributed by atoms with van der Waals surface area (Å²) in [7, 11) is 0. The summed E-state index contributed by atoms with van der Waals surface area (Å²) in [6.45, 7) is 4.38. The quantitative estimate of drug-likeness (QED) is 0.214. The maximum atomic E-state index is 10.8. The SMILES string of the molecule is C=CC(=O)OCCCCCCCOc1ccc(C(=O)O)cc1.Nc1ccc(Cl)cc1. The minimum atomic E-state index is -0.940. The summed E-state index contributed by atoms with van der Waals surface area (Å²) in [6.07, 6.45) is 6.08. The molecule has 0 aliphatic heterocycles. The Labute approximate surface area is 182 Å². The number of benzene rings is 2. The molecule has 0 fully saturated rings. The van der Waals surface area contributed by atoms with Crippen LogP contribution < -0.4 is 10.5 Å². The van der Waals surface area contributed by atoms with Crippen molar-refractivity contribution in [3.05, 3.63) is 71.8 Å². The van der Waals surface area contributed by atoms with Crippen LogP contribution in [0.2, 0.25) is 5.02 Å². The minimum Gasteiger partial charge on any atom is -0.494 e. The van der Waals surface area contributed by atoms with Gasteiger partial charge in [-0.1, -0.05) is 37.4 Å². The average molecular weight is 434 g/mol. The summed E-state index contributed by atoms with van der Waals surface area (Å²) in [4.78, 5) is 21.5. The van der Waals surface area contributed by atoms with Gasteiger partial charge < -0.3 is 20.3 Å². The number of carbonyl (C=O) groups excluding carboxylic acids is 1. The van der Waals surface area contributed by atoms with E-state index in [1.54, 1.807) is 36.4 Å². The van der Waals surface area contributed by atoms with Gasteiger partial charge in [-0.15, -0.1) is 0 Å². The smallest absolute Gasteiger partial charge is 0.335 e. The van der Waals surface area contributed by atoms with Gasteiger partial charge in [0.15, 0.2) is 0 Å². The van der Waals surface area contributed by atoms with Crippen molar-refractivity contribution < 1.29 is 24.2 Å². The lowest BCUT2D eigenvalue weighted by atomic mass is 10.1. The lowest BCUT2D eigenvalue weighted by molar-refractivity contribution is -0.137. The zero-order chi connectivity index (χ0) is 22.2. The lowest BCUT2D eigenvalue weighted by Gasteiger charge is -2.06. The molecule has 30 heavy (non-hydrogen) atoms. The molecule has 0 amide bonds. The van der Waals surface area contributed by atoms with Gasteiger partial charge in [0.25, 0.3) is 0 Å². The normalized spacial score (nSPS) is 9.77. The minimum absolute atomic E-state index is 0.254. The number of anilines is 1. The van der Waals surface area contributed by atoms with Crippen LogP contribution in [0.15, 0.2) is 61.2 Å². The first-order valence-corrected chi connectivity index (χ1v) is 10.1. The van der Waals surface area contributed by atoms with E-state index in [1.165, 1.54) is 18.2 Å². The number of rotatable bonds is 11. The van der Waals surface area contributed by atoms with Crippen LogP contribution in [0.3, 0.4) is 0 Å². The first kappa shape index (κ1) is 25.0. The Hall–Kier alpha value is -2.99. The molecule has 2 aromatic rings. The first-order chi connectivity index (χ1) is 14.4. The Kier molecular flexibility index (Phi) is 12.5. The molecule has 162 valence electrons. The number of carboxylic acid groups (broad SMARTS) is 1. The van der Waals surface area contributed by atoms with Crippen LogP contribution in [0.1, 0.15) is 42.5 Å². The summed E-state index contributed by atoms with van der Waals surface area (Å²) in [5, 5.41) is 9.50. The molecule has 0 atom stereocenters. The number of carboxylic acids is 1. The van der Waals surface area contributed by atoms with Gasteiger partial charge in [0.2, 0.25) is 0 Å². The molecule has 6 nitrogen and oxygen atoms in total. The van der Waals surface area contributed by atoms with E-state index in [1.807, 2.05) is 0 Å². The maximum absolute atomic E-state index is 10.8. The van der Waals surface area contributed by atoms with Gasteiger partial charge in [-0.05, 0) is 61.4 Å². The number of esters is 1. The van der Waals surface area contributed by atoms with Gasteiger partial charge >= 0.3 is 11.9 Å². The van der Waals surface area contributed by atoms with Crippen LogP contribution in [0.5, 0.6) is 5.75 Å². The summed E-state index contributed by atoms with van der Waals surface area (Å²) in [6, 6.07) is 13.4. The molecule has 7 heteroatoms. The third-order valence-electron chi connectivity index (χ3n) is 3.94. The molecule has 0 saturated heterocycles. The monoisotopic (exact) mass is 433 g/mol. The molecule has 0 unspecified atom stereocenters. The Bertz CT molecular complexity index is 754. The first-order valence-electron chi connectivity index (χ1n) is 9.68. The maximum Gasteiger partial charge on any atom is 0.335 e. The van der Waals surface area contributed by atoms with Crippen LogP contribution in [0.25, 0.3) is 0 Å². The molecule has 0 heterocycles. The van der Waals surface area contributed by atoms with Gasteiger partial charge in [-0.3, -0.25) is 0 Å². The fourth-order valence-corrected chi connectivity index (χ4v) is 2.44. The highest BCUT2D eigenvalue weighted by Crippen LogP contribution is 2.13. The molecule has 0 spiro atoms. The summed E-state index contributed by atoms with van der Waals surface area (Å²) in [5.41, 5.74) is 6.37. The highest BCUT2D eigenvalue weighted by Gasteiger charge is 2.02. The summed E-state index contributed by atoms with van der Waals surface area (Å²) >= 11 is 5.56. The van der Waals surface area contributed by atoms with Crippen molar-refractivity contribution in [1.29, 1.82) is 0 Å². The second-order valence-corrected chi connectivity index (χ2v) is 6.81. The molecule has 0 aliphatic rings. The van der Waals surface area contributed by atoms with E-state index in [2.05, 4.69) is 6.58 Å². The molecule has 2 rings (SSSR count). The standard InChI is InChI=1S/C17H22O5.C6H6ClN/c1-2-16(18)22-13-7-5-3-4-6-12-21-15-10-8-14(9-11-15)17(19)20;7-5-1-3-6(8)4-2-5/h2,8-11H,1,3-7,12-13H2,(H,19,20);1-4H,8H2. The Balaban J connectivity index is 0.000000467. The molecule has 0 radical (unpaired) electrons. The van der Waals surface area contributed by atoms with Crippen molar-refractivity contribution in [3.8, 4) is 5.75 Å². The second-order valence-electron chi connectivity index (χ2n) is 6.37. The fraction of sp³-hybridized carbons (Fsp3) is 0.304. The van der Waals surface area contributed by atoms with E-state index in [-0.39, 0.29) is 11.5 Å². The largest absolute Gasteiger partial charge is 0.494 e. The van der Waals surface area contributed by atoms with Crippen molar-refractivity contribution in [2.24, 2.45) is 0 Å². The molecular formula is C23H28ClNO5. The highest BCUT2D eigenvalue weighted by atomic mass is 35.5. The summed E-state index contributed by atoms with van der Waals surface area (Å²) < 4.78 is 10.4. The third-order valence-corrected chi connectivity index (χ3v) is 4.19. The van der Waals surface area contributed by atoms with Crippen LogP contribution in [0.4, 0.5) is 5.69 Å². The Morgan fingerprint density at radius 1 is 0.933 bits per heavy atom. The van der Waals surface area contributed by atoms with E-state index in [9.17, 15) is 9.59 Å². The third kappa shape index (κ3) is 11.8. The van der Waals surface area contributed by atoms with E-state index in [0.717, 1.165) is 42.8 Å². The van der Waals surface area contributed by atoms with Crippen LogP contribution in [-0.4, -0.2) is 30.3 Å². The lowest BCUT2D eigenvalue weighted by Crippen LogP contribution is -2.02. The number of hydrogen-bond acceptors (Lipinski definition) is 5. The zero-order valence-corrected chi connectivity index (χ0v) is 17.6. The fourth-order valence-electron chi connectivity index (χ4n) is 2.31. The number of carbonyl (C=O) groups is 2. The Morgan fingerprint density at radius 2 is 1.50 bits per heavy atom. The van der Waals surface area contributed by atoms with Gasteiger partial charge in [0.05, 0.1) is 18.8 Å². The van der Waals surface area contributed by atoms with Gasteiger partial charge in [0, 0.05) is 16.8 Å². The van der Waals surface area contributed by atoms with Crippen molar-refractivity contribution in [1.82, 2.24) is 0 Å². The number of hydrogen-bond donors (Lipinski definition) is 2. The predicted octanol–water partition coefficient (Wildman–Crippen LogP) is 5.37. The van der Waals surface area contributed by atoms with Gasteiger partial charge in [-0.25, -0.2) is 9.59 Å². The number of nitrogen functional groups attached to an aromatic ring is 1. The molecule has 0 bridgehead atoms. The van der Waals surface area contributed by atoms with Crippen molar-refractivity contribution in [3.63, 3.8) is 0 Å². The predicted molar refractivity (Wildman–Crippen MR) is 119 cm³/mol. The van der Waals surface area contributed by atoms with Gasteiger partial charge in [-0.2, -0.15) is 0 Å². The highest BCUT2D eigenvalue weighted by molar-refractivity contribution is 6.30. The molecule has 0 aromatic heterocycles. The number of ether oxygens (including phenoxy) is 2. The Morgan fingerprint density at radius 3 is 2.03 bits per heavy atom. The molecule has 3 N–H and O–H groups in total. The van der Waals surface area contributed by atoms with E-state index in [0.29, 0.717) is 19.0 Å². The van der Waals surface area contributed by atoms with E-state index in [4.69, 9.17) is 31.9 Å². The van der Waals surface area contributed by atoms with E-state index >= 15 is 0 Å². The molecule has 0 saturated carbocycles. The van der Waals surface area contributed by atoms with Crippen LogP contribution in [-0.2, 0) is 9.53 Å². The number of unbranched alkanes of at least 4 members (excludes halogenated alkanes) is 4. The van der Waals surface area contributed by atoms with Gasteiger partial charge in [0.1, 0.15) is 5.75 Å². The van der Waals surface area contributed by atoms with E-state index < -0.39 is 5.97 Å². The summed E-state index contributed by atoms with van der Waals surface area (Å²) in [5.74, 6) is -0.631. The average Bonchev–Trinajstić information content (AvgIpc) is 2.75. The zero-order valence-electron chi connectivity index (χ0n) is 16.9. The molecule has 0 aliphatic carbocycles. The topological polar surface area (TPSA) is 98.8 Å². The second kappa shape index (κ2) is 14.9. The van der Waals surface area contributed by atoms with Crippen LogP contribution >= 0.6 is 11.6 Å². The number of nitrogens with two attached hydrogens (primary N) is 1. The van der Waals surface area contributed by atoms with Crippen molar-refractivity contribution in [2.75, 3.05) is 18.9 Å². The number of halogens is 1. The van der Waals surface area contributed by atoms with Crippen LogP contribution in [0, 0.1) is 0 Å². The molecular weight excluding hydrogens is 406 g/mol. The molecule has 2 aromatic carbocycles. The van der Waals surface area contributed by atoms with Crippen molar-refractivity contribution >= 4 is 29.2 Å².